The number of hydrogen-bond acceptors (Lipinski definition) is 4. The van der Waals surface area contributed by atoms with Crippen LogP contribution >= 0.6 is 12.2 Å². The summed E-state index contributed by atoms with van der Waals surface area (Å²) in [5.41, 5.74) is 1.83. The highest BCUT2D eigenvalue weighted by Gasteiger charge is 2.13. The van der Waals surface area contributed by atoms with Gasteiger partial charge in [0.1, 0.15) is 5.75 Å². The zero-order chi connectivity index (χ0) is 20.4. The van der Waals surface area contributed by atoms with Crippen LogP contribution in [0.15, 0.2) is 48.5 Å². The van der Waals surface area contributed by atoms with Crippen LogP contribution in [-0.2, 0) is 4.79 Å². The molecule has 0 aliphatic heterocycles. The molecule has 0 bridgehead atoms. The van der Waals surface area contributed by atoms with Crippen LogP contribution in [0.3, 0.4) is 0 Å². The van der Waals surface area contributed by atoms with Gasteiger partial charge in [-0.1, -0.05) is 32.4 Å². The predicted molar refractivity (Wildman–Crippen MR) is 116 cm³/mol. The molecule has 7 heteroatoms. The molecule has 0 saturated carbocycles. The fraction of sp³-hybridized carbons (Fsp3) is 0.286. The summed E-state index contributed by atoms with van der Waals surface area (Å²) in [5.74, 6) is 0.145. The second-order valence-corrected chi connectivity index (χ2v) is 6.49. The minimum atomic E-state index is -0.337. The van der Waals surface area contributed by atoms with Crippen molar-refractivity contribution >= 4 is 40.5 Å². The molecule has 2 aromatic carbocycles. The standard InChI is InChI=1S/C21H25N3O3S/c1-3-5-14-27-18-9-7-6-8-17(18)20(26)24-21(28)23-16-12-10-15(11-13-16)22-19(25)4-2/h6-13H,3-5,14H2,1-2H3,(H,22,25)(H2,23,24,26,28). The first-order chi connectivity index (χ1) is 13.5. The lowest BCUT2D eigenvalue weighted by molar-refractivity contribution is -0.115. The Bertz CT molecular complexity index is 822. The number of rotatable bonds is 8. The third kappa shape index (κ3) is 6.66. The second-order valence-electron chi connectivity index (χ2n) is 6.09. The highest BCUT2D eigenvalue weighted by atomic mass is 32.1. The number of amides is 2. The molecule has 0 heterocycles. The van der Waals surface area contributed by atoms with Crippen LogP contribution in [0.25, 0.3) is 0 Å². The van der Waals surface area contributed by atoms with Gasteiger partial charge in [-0.2, -0.15) is 0 Å². The smallest absolute Gasteiger partial charge is 0.261 e. The molecule has 3 N–H and O–H groups in total. The quantitative estimate of drug-likeness (QED) is 0.454. The molecule has 28 heavy (non-hydrogen) atoms. The number of ether oxygens (including phenoxy) is 1. The maximum absolute atomic E-state index is 12.5. The molecule has 0 aliphatic carbocycles. The van der Waals surface area contributed by atoms with E-state index in [0.717, 1.165) is 12.8 Å². The van der Waals surface area contributed by atoms with Crippen molar-refractivity contribution in [2.24, 2.45) is 0 Å². The second kappa shape index (κ2) is 11.0. The van der Waals surface area contributed by atoms with Crippen LogP contribution in [0, 0.1) is 0 Å². The van der Waals surface area contributed by atoms with Crippen molar-refractivity contribution in [2.75, 3.05) is 17.2 Å². The van der Waals surface area contributed by atoms with Gasteiger partial charge in [0, 0.05) is 17.8 Å². The molecule has 0 unspecified atom stereocenters. The summed E-state index contributed by atoms with van der Waals surface area (Å²) < 4.78 is 5.69. The van der Waals surface area contributed by atoms with Crippen LogP contribution in [0.2, 0.25) is 0 Å². The van der Waals surface area contributed by atoms with Gasteiger partial charge in [0.05, 0.1) is 12.2 Å². The minimum absolute atomic E-state index is 0.0525. The molecule has 2 rings (SSSR count). The predicted octanol–water partition coefficient (Wildman–Crippen LogP) is 4.34. The number of thiocarbonyl (C=S) groups is 1. The van der Waals surface area contributed by atoms with E-state index in [1.54, 1.807) is 49.4 Å². The van der Waals surface area contributed by atoms with Crippen molar-refractivity contribution < 1.29 is 14.3 Å². The molecule has 6 nitrogen and oxygen atoms in total. The van der Waals surface area contributed by atoms with Crippen LogP contribution in [0.5, 0.6) is 5.75 Å². The van der Waals surface area contributed by atoms with Crippen molar-refractivity contribution in [3.63, 3.8) is 0 Å². The molecule has 2 amide bonds. The molecule has 148 valence electrons. The molecule has 2 aromatic rings. The first-order valence-corrected chi connectivity index (χ1v) is 9.68. The van der Waals surface area contributed by atoms with Gasteiger partial charge >= 0.3 is 0 Å². The van der Waals surface area contributed by atoms with Crippen molar-refractivity contribution in [3.05, 3.63) is 54.1 Å². The number of hydrogen-bond donors (Lipinski definition) is 3. The number of nitrogens with one attached hydrogen (secondary N) is 3. The largest absolute Gasteiger partial charge is 0.493 e. The average molecular weight is 400 g/mol. The zero-order valence-electron chi connectivity index (χ0n) is 16.1. The molecule has 0 aliphatic rings. The van der Waals surface area contributed by atoms with Gasteiger partial charge in [0.2, 0.25) is 5.91 Å². The lowest BCUT2D eigenvalue weighted by Gasteiger charge is -2.13. The third-order valence-corrected chi connectivity index (χ3v) is 4.07. The lowest BCUT2D eigenvalue weighted by Crippen LogP contribution is -2.34. The number of carbonyl (C=O) groups excluding carboxylic acids is 2. The van der Waals surface area contributed by atoms with Gasteiger partial charge in [-0.25, -0.2) is 0 Å². The molecule has 0 radical (unpaired) electrons. The van der Waals surface area contributed by atoms with Crippen LogP contribution in [0.1, 0.15) is 43.5 Å². The molecule has 0 saturated heterocycles. The van der Waals surface area contributed by atoms with Crippen LogP contribution in [-0.4, -0.2) is 23.5 Å². The number of carbonyl (C=O) groups is 2. The lowest BCUT2D eigenvalue weighted by atomic mass is 10.2. The van der Waals surface area contributed by atoms with Gasteiger partial charge in [-0.05, 0) is 55.0 Å². The minimum Gasteiger partial charge on any atom is -0.493 e. The van der Waals surface area contributed by atoms with Gasteiger partial charge in [0.15, 0.2) is 5.11 Å². The molecule has 0 spiro atoms. The highest BCUT2D eigenvalue weighted by molar-refractivity contribution is 7.80. The summed E-state index contributed by atoms with van der Waals surface area (Å²) in [6.45, 7) is 4.43. The fourth-order valence-corrected chi connectivity index (χ4v) is 2.54. The average Bonchev–Trinajstić information content (AvgIpc) is 2.69. The van der Waals surface area contributed by atoms with Crippen LogP contribution < -0.4 is 20.7 Å². The van der Waals surface area contributed by atoms with Crippen molar-refractivity contribution in [1.29, 1.82) is 0 Å². The molecule has 0 fully saturated rings. The number of unbranched alkanes of at least 4 members (excludes halogenated alkanes) is 1. The van der Waals surface area contributed by atoms with Crippen molar-refractivity contribution in [2.45, 2.75) is 33.1 Å². The van der Waals surface area contributed by atoms with E-state index in [9.17, 15) is 9.59 Å². The Labute approximate surface area is 170 Å². The first-order valence-electron chi connectivity index (χ1n) is 9.27. The van der Waals surface area contributed by atoms with Crippen molar-refractivity contribution in [1.82, 2.24) is 5.32 Å². The Morgan fingerprint density at radius 1 is 0.964 bits per heavy atom. The van der Waals surface area contributed by atoms with Gasteiger partial charge in [-0.3, -0.25) is 14.9 Å². The van der Waals surface area contributed by atoms with E-state index in [1.165, 1.54) is 0 Å². The van der Waals surface area contributed by atoms with Crippen molar-refractivity contribution in [3.8, 4) is 5.75 Å². The Morgan fingerprint density at radius 2 is 1.61 bits per heavy atom. The maximum atomic E-state index is 12.5. The summed E-state index contributed by atoms with van der Waals surface area (Å²) in [5, 5.41) is 8.57. The summed E-state index contributed by atoms with van der Waals surface area (Å²) in [6.07, 6.45) is 2.35. The van der Waals surface area contributed by atoms with E-state index in [2.05, 4.69) is 22.9 Å². The van der Waals surface area contributed by atoms with E-state index in [0.29, 0.717) is 35.7 Å². The number of anilines is 2. The Kier molecular flexibility index (Phi) is 8.42. The van der Waals surface area contributed by atoms with E-state index >= 15 is 0 Å². The maximum Gasteiger partial charge on any atom is 0.261 e. The Balaban J connectivity index is 1.94. The highest BCUT2D eigenvalue weighted by Crippen LogP contribution is 2.18. The third-order valence-electron chi connectivity index (χ3n) is 3.86. The van der Waals surface area contributed by atoms with E-state index < -0.39 is 0 Å². The molecule has 0 atom stereocenters. The number of para-hydroxylation sites is 1. The van der Waals surface area contributed by atoms with E-state index in [-0.39, 0.29) is 16.9 Å². The molecule has 0 aromatic heterocycles. The summed E-state index contributed by atoms with van der Waals surface area (Å²) in [4.78, 5) is 23.9. The first kappa shape index (κ1) is 21.4. The number of benzene rings is 2. The monoisotopic (exact) mass is 399 g/mol. The Hall–Kier alpha value is -2.93. The fourth-order valence-electron chi connectivity index (χ4n) is 2.33. The van der Waals surface area contributed by atoms with E-state index in [4.69, 9.17) is 17.0 Å². The van der Waals surface area contributed by atoms with Gasteiger partial charge in [0.25, 0.3) is 5.91 Å². The van der Waals surface area contributed by atoms with Gasteiger partial charge < -0.3 is 15.4 Å². The van der Waals surface area contributed by atoms with Gasteiger partial charge in [-0.15, -0.1) is 0 Å². The molecular weight excluding hydrogens is 374 g/mol. The summed E-state index contributed by atoms with van der Waals surface area (Å²) in [7, 11) is 0. The Morgan fingerprint density at radius 3 is 2.25 bits per heavy atom. The molecular formula is C21H25N3O3S. The van der Waals surface area contributed by atoms with Crippen LogP contribution in [0.4, 0.5) is 11.4 Å². The summed E-state index contributed by atoms with van der Waals surface area (Å²) >= 11 is 5.23. The van der Waals surface area contributed by atoms with E-state index in [1.807, 2.05) is 6.07 Å². The summed E-state index contributed by atoms with van der Waals surface area (Å²) in [6, 6.07) is 14.1. The normalized spacial score (nSPS) is 10.1. The topological polar surface area (TPSA) is 79.5 Å². The zero-order valence-corrected chi connectivity index (χ0v) is 16.9. The SMILES string of the molecule is CCCCOc1ccccc1C(=O)NC(=S)Nc1ccc(NC(=O)CC)cc1.